The van der Waals surface area contributed by atoms with Crippen LogP contribution >= 0.6 is 0 Å². The molecule has 0 spiro atoms. The third-order valence-electron chi connectivity index (χ3n) is 1.58. The lowest BCUT2D eigenvalue weighted by Gasteiger charge is -2.30. The minimum Gasteiger partial charge on any atom is -0.375 e. The van der Waals surface area contributed by atoms with Gasteiger partial charge in [0, 0.05) is 0 Å². The van der Waals surface area contributed by atoms with E-state index in [4.69, 9.17) is 19.1 Å². The standard InChI is InChI=1S/C4H7BO4/c1-2-3-4(6)8-5(7-3)9-4/h3,6H,2H2,1H3. The van der Waals surface area contributed by atoms with Crippen molar-refractivity contribution in [2.45, 2.75) is 25.4 Å². The van der Waals surface area contributed by atoms with Crippen molar-refractivity contribution in [3.63, 3.8) is 0 Å². The summed E-state index contributed by atoms with van der Waals surface area (Å²) in [4.78, 5) is 0. The SMILES string of the molecule is CCC1OB2OC1(O)O2. The largest absolute Gasteiger partial charge is 0.647 e. The lowest BCUT2D eigenvalue weighted by Crippen LogP contribution is -2.52. The van der Waals surface area contributed by atoms with Crippen LogP contribution in [-0.2, 0) is 14.0 Å². The Morgan fingerprint density at radius 1 is 1.67 bits per heavy atom. The Hall–Kier alpha value is -0.0951. The van der Waals surface area contributed by atoms with Gasteiger partial charge in [-0.1, -0.05) is 6.92 Å². The van der Waals surface area contributed by atoms with Gasteiger partial charge in [0.2, 0.25) is 0 Å². The predicted molar refractivity (Wildman–Crippen MR) is 28.0 cm³/mol. The lowest BCUT2D eigenvalue weighted by molar-refractivity contribution is -0.336. The summed E-state index contributed by atoms with van der Waals surface area (Å²) in [6, 6.07) is 0. The van der Waals surface area contributed by atoms with Crippen LogP contribution in [0.4, 0.5) is 0 Å². The third kappa shape index (κ3) is 0.574. The average Bonchev–Trinajstić information content (AvgIpc) is 2.18. The minimum atomic E-state index is -1.42. The molecule has 0 radical (unpaired) electrons. The molecule has 3 aliphatic heterocycles. The molecule has 3 saturated heterocycles. The number of fused-ring (bicyclic) bond motifs is 1. The van der Waals surface area contributed by atoms with Crippen molar-refractivity contribution in [3.8, 4) is 0 Å². The van der Waals surface area contributed by atoms with Gasteiger partial charge in [-0.2, -0.15) is 0 Å². The van der Waals surface area contributed by atoms with Gasteiger partial charge >= 0.3 is 7.32 Å². The molecule has 0 amide bonds. The van der Waals surface area contributed by atoms with Crippen LogP contribution in [0.2, 0.25) is 0 Å². The first kappa shape index (κ1) is 5.67. The van der Waals surface area contributed by atoms with E-state index in [1.54, 1.807) is 0 Å². The summed E-state index contributed by atoms with van der Waals surface area (Å²) in [7, 11) is -0.611. The van der Waals surface area contributed by atoms with Crippen molar-refractivity contribution in [2.24, 2.45) is 0 Å². The van der Waals surface area contributed by atoms with Crippen molar-refractivity contribution in [1.82, 2.24) is 0 Å². The fraction of sp³-hybridized carbons (Fsp3) is 1.00. The minimum absolute atomic E-state index is 0.303. The fourth-order valence-electron chi connectivity index (χ4n) is 1.07. The first-order chi connectivity index (χ1) is 4.24. The smallest absolute Gasteiger partial charge is 0.375 e. The first-order valence-corrected chi connectivity index (χ1v) is 2.98. The molecule has 2 bridgehead atoms. The molecule has 3 rings (SSSR count). The number of rotatable bonds is 1. The van der Waals surface area contributed by atoms with Gasteiger partial charge in [0.1, 0.15) is 6.10 Å². The Balaban J connectivity index is 2.11. The molecule has 50 valence electrons. The molecule has 0 aromatic carbocycles. The van der Waals surface area contributed by atoms with Crippen LogP contribution < -0.4 is 0 Å². The van der Waals surface area contributed by atoms with Gasteiger partial charge in [-0.15, -0.1) is 0 Å². The summed E-state index contributed by atoms with van der Waals surface area (Å²) in [5.74, 6) is -1.42. The van der Waals surface area contributed by atoms with E-state index in [0.29, 0.717) is 6.42 Å². The molecule has 3 aliphatic rings. The average molecular weight is 130 g/mol. The van der Waals surface area contributed by atoms with Crippen molar-refractivity contribution >= 4 is 7.32 Å². The van der Waals surface area contributed by atoms with Gasteiger partial charge in [-0.05, 0) is 6.42 Å². The first-order valence-electron chi connectivity index (χ1n) is 2.98. The van der Waals surface area contributed by atoms with E-state index >= 15 is 0 Å². The number of aliphatic hydroxyl groups is 1. The molecule has 4 nitrogen and oxygen atoms in total. The summed E-state index contributed by atoms with van der Waals surface area (Å²) >= 11 is 0. The van der Waals surface area contributed by atoms with Crippen LogP contribution in [0.5, 0.6) is 0 Å². The van der Waals surface area contributed by atoms with Gasteiger partial charge in [-0.3, -0.25) is 0 Å². The fourth-order valence-corrected chi connectivity index (χ4v) is 1.07. The van der Waals surface area contributed by atoms with E-state index in [1.165, 1.54) is 0 Å². The summed E-state index contributed by atoms with van der Waals surface area (Å²) in [6.45, 7) is 1.90. The second-order valence-electron chi connectivity index (χ2n) is 2.19. The molecule has 1 N–H and O–H groups in total. The van der Waals surface area contributed by atoms with Crippen LogP contribution in [0.1, 0.15) is 13.3 Å². The maximum absolute atomic E-state index is 9.15. The lowest BCUT2D eigenvalue weighted by atomic mass is 10.2. The second kappa shape index (κ2) is 1.49. The Labute approximate surface area is 52.9 Å². The molecule has 3 fully saturated rings. The normalized spacial score (nSPS) is 47.3. The van der Waals surface area contributed by atoms with Crippen LogP contribution in [0.25, 0.3) is 0 Å². The monoisotopic (exact) mass is 130 g/mol. The Bertz CT molecular complexity index is 133. The van der Waals surface area contributed by atoms with Crippen molar-refractivity contribution in [1.29, 1.82) is 0 Å². The molecule has 0 aromatic rings. The third-order valence-corrected chi connectivity index (χ3v) is 1.58. The quantitative estimate of drug-likeness (QED) is 0.484. The van der Waals surface area contributed by atoms with Gasteiger partial charge in [-0.25, -0.2) is 0 Å². The molecule has 1 atom stereocenters. The topological polar surface area (TPSA) is 47.9 Å². The van der Waals surface area contributed by atoms with Gasteiger partial charge in [0.25, 0.3) is 5.97 Å². The molecule has 5 heteroatoms. The Kier molecular flexibility index (Phi) is 0.939. The summed E-state index contributed by atoms with van der Waals surface area (Å²) in [5, 5.41) is 9.15. The van der Waals surface area contributed by atoms with E-state index in [1.807, 2.05) is 6.92 Å². The maximum Gasteiger partial charge on any atom is 0.647 e. The Morgan fingerprint density at radius 2 is 2.33 bits per heavy atom. The zero-order valence-electron chi connectivity index (χ0n) is 5.03. The molecule has 0 aliphatic carbocycles. The molecule has 1 unspecified atom stereocenters. The highest BCUT2D eigenvalue weighted by atomic mass is 17.0. The number of hydrogen-bond acceptors (Lipinski definition) is 4. The Morgan fingerprint density at radius 3 is 2.56 bits per heavy atom. The van der Waals surface area contributed by atoms with E-state index in [-0.39, 0.29) is 6.10 Å². The maximum atomic E-state index is 9.15. The highest BCUT2D eigenvalue weighted by molar-refractivity contribution is 6.40. The summed E-state index contributed by atoms with van der Waals surface area (Å²) in [5.41, 5.74) is 0. The van der Waals surface area contributed by atoms with Gasteiger partial charge in [0.15, 0.2) is 0 Å². The molecular weight excluding hydrogens is 123 g/mol. The molecule has 3 heterocycles. The van der Waals surface area contributed by atoms with Crippen molar-refractivity contribution in [2.75, 3.05) is 0 Å². The zero-order valence-corrected chi connectivity index (χ0v) is 5.03. The molecule has 0 saturated carbocycles. The van der Waals surface area contributed by atoms with Crippen LogP contribution in [0, 0.1) is 0 Å². The highest BCUT2D eigenvalue weighted by Gasteiger charge is 2.65. The second-order valence-corrected chi connectivity index (χ2v) is 2.19. The molecule has 9 heavy (non-hydrogen) atoms. The molecule has 0 aromatic heterocycles. The summed E-state index contributed by atoms with van der Waals surface area (Å²) in [6.07, 6.45) is 0.398. The van der Waals surface area contributed by atoms with Crippen LogP contribution in [0.3, 0.4) is 0 Å². The van der Waals surface area contributed by atoms with Gasteiger partial charge < -0.3 is 19.1 Å². The zero-order chi connectivity index (χ0) is 6.48. The van der Waals surface area contributed by atoms with Crippen LogP contribution in [0.15, 0.2) is 0 Å². The van der Waals surface area contributed by atoms with E-state index in [0.717, 1.165) is 0 Å². The van der Waals surface area contributed by atoms with Gasteiger partial charge in [0.05, 0.1) is 0 Å². The van der Waals surface area contributed by atoms with Crippen LogP contribution in [-0.4, -0.2) is 24.5 Å². The highest BCUT2D eigenvalue weighted by Crippen LogP contribution is 2.39. The van der Waals surface area contributed by atoms with Crippen molar-refractivity contribution < 1.29 is 19.1 Å². The predicted octanol–water partition coefficient (Wildman–Crippen LogP) is -0.527. The summed E-state index contributed by atoms with van der Waals surface area (Å²) < 4.78 is 14.5. The van der Waals surface area contributed by atoms with E-state index in [9.17, 15) is 0 Å². The van der Waals surface area contributed by atoms with Crippen molar-refractivity contribution in [3.05, 3.63) is 0 Å². The van der Waals surface area contributed by atoms with E-state index in [2.05, 4.69) is 0 Å². The van der Waals surface area contributed by atoms with E-state index < -0.39 is 13.3 Å². The molecular formula is C4H7BO4. The number of hydrogen-bond donors (Lipinski definition) is 1.